The van der Waals surface area contributed by atoms with Crippen molar-refractivity contribution in [2.45, 2.75) is 65.6 Å². The van der Waals surface area contributed by atoms with E-state index in [9.17, 15) is 4.79 Å². The summed E-state index contributed by atoms with van der Waals surface area (Å²) >= 11 is 0. The summed E-state index contributed by atoms with van der Waals surface area (Å²) < 4.78 is 11.6. The molecule has 3 N–H and O–H groups in total. The van der Waals surface area contributed by atoms with E-state index in [2.05, 4.69) is 19.2 Å². The number of hydrogen-bond donors (Lipinski definition) is 2. The number of ether oxygens (including phenoxy) is 2. The lowest BCUT2D eigenvalue weighted by Gasteiger charge is -2.57. The molecule has 2 atom stereocenters. The van der Waals surface area contributed by atoms with Crippen LogP contribution in [0.15, 0.2) is 24.3 Å². The lowest BCUT2D eigenvalue weighted by Crippen LogP contribution is -2.75. The van der Waals surface area contributed by atoms with E-state index in [1.807, 2.05) is 45.0 Å². The molecule has 0 bridgehead atoms. The Morgan fingerprint density at radius 2 is 2.04 bits per heavy atom. The van der Waals surface area contributed by atoms with E-state index in [1.165, 1.54) is 0 Å². The minimum absolute atomic E-state index is 0.0231. The second kappa shape index (κ2) is 8.40. The van der Waals surface area contributed by atoms with Crippen LogP contribution in [0.4, 0.5) is 0 Å². The van der Waals surface area contributed by atoms with Crippen LogP contribution in [0.25, 0.3) is 0 Å². The fourth-order valence-corrected chi connectivity index (χ4v) is 3.35. The van der Waals surface area contributed by atoms with Crippen LogP contribution >= 0.6 is 0 Å². The highest BCUT2D eigenvalue weighted by Gasteiger charge is 2.62. The summed E-state index contributed by atoms with van der Waals surface area (Å²) in [6.07, 6.45) is 1.57. The van der Waals surface area contributed by atoms with Crippen LogP contribution in [0.1, 0.15) is 53.0 Å². The van der Waals surface area contributed by atoms with Crippen LogP contribution in [0, 0.1) is 11.3 Å². The Kier molecular flexibility index (Phi) is 6.69. The highest BCUT2D eigenvalue weighted by molar-refractivity contribution is 5.88. The summed E-state index contributed by atoms with van der Waals surface area (Å²) in [7, 11) is 0. The first-order valence-electron chi connectivity index (χ1n) is 9.61. The van der Waals surface area contributed by atoms with Gasteiger partial charge in [0.05, 0.1) is 12.7 Å². The molecule has 2 unspecified atom stereocenters. The molecule has 1 aliphatic rings. The summed E-state index contributed by atoms with van der Waals surface area (Å²) in [4.78, 5) is 12.8. The predicted molar refractivity (Wildman–Crippen MR) is 104 cm³/mol. The minimum Gasteiger partial charge on any atom is -0.493 e. The molecular formula is C21H34N2O3. The van der Waals surface area contributed by atoms with E-state index >= 15 is 0 Å². The molecule has 1 aromatic rings. The van der Waals surface area contributed by atoms with Crippen molar-refractivity contribution in [1.29, 1.82) is 0 Å². The van der Waals surface area contributed by atoms with Crippen LogP contribution < -0.4 is 15.8 Å². The number of carbonyl (C=O) groups excluding carboxylic acids is 1. The molecule has 1 aliphatic carbocycles. The third-order valence-corrected chi connectivity index (χ3v) is 5.60. The number of benzene rings is 1. The third kappa shape index (κ3) is 4.21. The van der Waals surface area contributed by atoms with Crippen LogP contribution in [0.5, 0.6) is 5.75 Å². The number of nitrogens with one attached hydrogen (secondary N) is 1. The van der Waals surface area contributed by atoms with Gasteiger partial charge in [0.2, 0.25) is 5.91 Å². The van der Waals surface area contributed by atoms with Crippen molar-refractivity contribution in [3.8, 4) is 5.75 Å². The normalized spacial score (nSPS) is 24.2. The smallest absolute Gasteiger partial charge is 0.241 e. The summed E-state index contributed by atoms with van der Waals surface area (Å²) in [5, 5.41) is 3.00. The lowest BCUT2D eigenvalue weighted by atomic mass is 9.54. The monoisotopic (exact) mass is 362 g/mol. The molecule has 5 nitrogen and oxygen atoms in total. The predicted octanol–water partition coefficient (Wildman–Crippen LogP) is 3.26. The second-order valence-corrected chi connectivity index (χ2v) is 8.16. The molecule has 1 aromatic carbocycles. The van der Waals surface area contributed by atoms with Crippen molar-refractivity contribution in [3.05, 3.63) is 29.8 Å². The molecule has 146 valence electrons. The molecular weight excluding hydrogens is 328 g/mol. The SMILES string of the molecule is CCOC1CC(N)(C(=O)NCc2ccccc2OCCC(C)C)C1(C)C. The molecule has 2 rings (SSSR count). The molecule has 26 heavy (non-hydrogen) atoms. The summed E-state index contributed by atoms with van der Waals surface area (Å²) in [6.45, 7) is 12.0. The Labute approximate surface area is 157 Å². The second-order valence-electron chi connectivity index (χ2n) is 8.16. The summed E-state index contributed by atoms with van der Waals surface area (Å²) in [6, 6.07) is 7.82. The number of hydrogen-bond acceptors (Lipinski definition) is 4. The highest BCUT2D eigenvalue weighted by atomic mass is 16.5. The van der Waals surface area contributed by atoms with Crippen molar-refractivity contribution < 1.29 is 14.3 Å². The van der Waals surface area contributed by atoms with Crippen molar-refractivity contribution in [2.75, 3.05) is 13.2 Å². The molecule has 0 saturated heterocycles. The molecule has 0 spiro atoms. The number of nitrogens with two attached hydrogens (primary N) is 1. The van der Waals surface area contributed by atoms with Gasteiger partial charge in [0, 0.05) is 30.6 Å². The first-order chi connectivity index (χ1) is 12.2. The van der Waals surface area contributed by atoms with Gasteiger partial charge in [0.15, 0.2) is 0 Å². The maximum Gasteiger partial charge on any atom is 0.241 e. The largest absolute Gasteiger partial charge is 0.493 e. The fourth-order valence-electron chi connectivity index (χ4n) is 3.35. The highest BCUT2D eigenvalue weighted by Crippen LogP contribution is 2.49. The maximum atomic E-state index is 12.8. The Morgan fingerprint density at radius 1 is 1.35 bits per heavy atom. The van der Waals surface area contributed by atoms with Crippen molar-refractivity contribution in [1.82, 2.24) is 5.32 Å². The first kappa shape index (κ1) is 20.7. The van der Waals surface area contributed by atoms with Crippen molar-refractivity contribution in [3.63, 3.8) is 0 Å². The summed E-state index contributed by atoms with van der Waals surface area (Å²) in [5.74, 6) is 1.29. The zero-order valence-corrected chi connectivity index (χ0v) is 16.8. The Bertz CT molecular complexity index is 615. The zero-order valence-electron chi connectivity index (χ0n) is 16.8. The molecule has 1 fully saturated rings. The van der Waals surface area contributed by atoms with Gasteiger partial charge in [-0.15, -0.1) is 0 Å². The Hall–Kier alpha value is -1.59. The molecule has 0 aliphatic heterocycles. The third-order valence-electron chi connectivity index (χ3n) is 5.60. The van der Waals surface area contributed by atoms with Crippen LogP contribution in [0.2, 0.25) is 0 Å². The van der Waals surface area contributed by atoms with Gasteiger partial charge in [-0.3, -0.25) is 4.79 Å². The fraction of sp³-hybridized carbons (Fsp3) is 0.667. The molecule has 0 heterocycles. The molecule has 1 saturated carbocycles. The number of rotatable bonds is 9. The van der Waals surface area contributed by atoms with E-state index < -0.39 is 5.54 Å². The Balaban J connectivity index is 1.96. The van der Waals surface area contributed by atoms with Gasteiger partial charge in [-0.2, -0.15) is 0 Å². The van der Waals surface area contributed by atoms with Crippen molar-refractivity contribution >= 4 is 5.91 Å². The standard InChI is InChI=1S/C21H34N2O3/c1-6-25-18-13-21(22,20(18,4)5)19(24)23-14-16-9-7-8-10-17(16)26-12-11-15(2)3/h7-10,15,18H,6,11-14,22H2,1-5H3,(H,23,24). The van der Waals surface area contributed by atoms with Gasteiger partial charge in [-0.25, -0.2) is 0 Å². The molecule has 0 radical (unpaired) electrons. The number of para-hydroxylation sites is 1. The van der Waals surface area contributed by atoms with Crippen molar-refractivity contribution in [2.24, 2.45) is 17.1 Å². The van der Waals surface area contributed by atoms with E-state index in [1.54, 1.807) is 0 Å². The van der Waals surface area contributed by atoms with E-state index in [0.717, 1.165) is 17.7 Å². The number of amides is 1. The molecule has 0 aromatic heterocycles. The average Bonchev–Trinajstić information content (AvgIpc) is 2.59. The average molecular weight is 363 g/mol. The van der Waals surface area contributed by atoms with Gasteiger partial charge < -0.3 is 20.5 Å². The van der Waals surface area contributed by atoms with E-state index in [0.29, 0.717) is 32.1 Å². The van der Waals surface area contributed by atoms with Gasteiger partial charge in [-0.1, -0.05) is 45.9 Å². The Morgan fingerprint density at radius 3 is 2.65 bits per heavy atom. The topological polar surface area (TPSA) is 73.6 Å². The lowest BCUT2D eigenvalue weighted by molar-refractivity contribution is -0.170. The molecule has 5 heteroatoms. The quantitative estimate of drug-likeness (QED) is 0.707. The number of carbonyl (C=O) groups is 1. The van der Waals surface area contributed by atoms with Gasteiger partial charge in [-0.05, 0) is 25.3 Å². The van der Waals surface area contributed by atoms with Gasteiger partial charge >= 0.3 is 0 Å². The van der Waals surface area contributed by atoms with Crippen LogP contribution in [-0.4, -0.2) is 30.8 Å². The first-order valence-corrected chi connectivity index (χ1v) is 9.61. The van der Waals surface area contributed by atoms with Gasteiger partial charge in [0.25, 0.3) is 0 Å². The molecule has 1 amide bonds. The zero-order chi connectivity index (χ0) is 19.4. The van der Waals surface area contributed by atoms with Crippen LogP contribution in [-0.2, 0) is 16.1 Å². The summed E-state index contributed by atoms with van der Waals surface area (Å²) in [5.41, 5.74) is 6.11. The van der Waals surface area contributed by atoms with Crippen LogP contribution in [0.3, 0.4) is 0 Å². The van der Waals surface area contributed by atoms with E-state index in [4.69, 9.17) is 15.2 Å². The van der Waals surface area contributed by atoms with Gasteiger partial charge in [0.1, 0.15) is 11.3 Å². The minimum atomic E-state index is -0.902. The maximum absolute atomic E-state index is 12.8. The van der Waals surface area contributed by atoms with E-state index in [-0.39, 0.29) is 17.4 Å².